The molecule has 1 amide bonds. The third-order valence-electron chi connectivity index (χ3n) is 13.7. The Kier molecular flexibility index (Phi) is 45.5. The molecule has 394 valence electrons. The first-order valence-corrected chi connectivity index (χ1v) is 28.7. The van der Waals surface area contributed by atoms with Gasteiger partial charge in [0, 0.05) is 6.42 Å². The molecular weight excluding hydrogens is 839 g/mol. The molecule has 1 aliphatic heterocycles. The van der Waals surface area contributed by atoms with Gasteiger partial charge in [0.2, 0.25) is 5.91 Å². The number of allylic oxidation sites excluding steroid dienone is 5. The van der Waals surface area contributed by atoms with Gasteiger partial charge in [-0.05, 0) is 51.4 Å². The fourth-order valence-electron chi connectivity index (χ4n) is 9.13. The summed E-state index contributed by atoms with van der Waals surface area (Å²) in [5.74, 6) is -0.176. The number of hydrogen-bond acceptors (Lipinski definition) is 8. The molecule has 67 heavy (non-hydrogen) atoms. The maximum absolute atomic E-state index is 13.0. The zero-order valence-electron chi connectivity index (χ0n) is 43.7. The second kappa shape index (κ2) is 48.1. The van der Waals surface area contributed by atoms with E-state index < -0.39 is 49.5 Å². The Morgan fingerprint density at radius 1 is 0.507 bits per heavy atom. The van der Waals surface area contributed by atoms with Gasteiger partial charge in [-0.25, -0.2) is 0 Å². The predicted octanol–water partition coefficient (Wildman–Crippen LogP) is 14.0. The Hall–Kier alpha value is -1.59. The minimum atomic E-state index is -1.57. The van der Waals surface area contributed by atoms with Crippen molar-refractivity contribution in [3.05, 3.63) is 36.5 Å². The van der Waals surface area contributed by atoms with Crippen molar-refractivity contribution < 1.29 is 39.8 Å². The molecule has 0 radical (unpaired) electrons. The summed E-state index contributed by atoms with van der Waals surface area (Å²) in [5.41, 5.74) is 0. The number of hydrogen-bond donors (Lipinski definition) is 6. The fraction of sp³-hybridized carbons (Fsp3) is 0.879. The van der Waals surface area contributed by atoms with E-state index in [0.29, 0.717) is 6.42 Å². The zero-order chi connectivity index (χ0) is 48.7. The van der Waals surface area contributed by atoms with Crippen molar-refractivity contribution in [2.24, 2.45) is 0 Å². The summed E-state index contributed by atoms with van der Waals surface area (Å²) in [7, 11) is 0. The van der Waals surface area contributed by atoms with Crippen LogP contribution in [0.3, 0.4) is 0 Å². The van der Waals surface area contributed by atoms with Gasteiger partial charge < -0.3 is 40.3 Å². The molecule has 7 atom stereocenters. The van der Waals surface area contributed by atoms with Gasteiger partial charge >= 0.3 is 0 Å². The van der Waals surface area contributed by atoms with Crippen LogP contribution in [-0.4, -0.2) is 87.5 Å². The van der Waals surface area contributed by atoms with Gasteiger partial charge in [0.25, 0.3) is 0 Å². The smallest absolute Gasteiger partial charge is 0.220 e. The van der Waals surface area contributed by atoms with Gasteiger partial charge in [-0.2, -0.15) is 0 Å². The van der Waals surface area contributed by atoms with Crippen molar-refractivity contribution in [1.29, 1.82) is 0 Å². The van der Waals surface area contributed by atoms with Crippen LogP contribution in [0.4, 0.5) is 0 Å². The third kappa shape index (κ3) is 37.9. The number of unbranched alkanes of at least 4 members (excludes halogenated alkanes) is 35. The van der Waals surface area contributed by atoms with Gasteiger partial charge in [0.1, 0.15) is 24.4 Å². The number of aliphatic hydroxyl groups is 5. The molecule has 9 heteroatoms. The van der Waals surface area contributed by atoms with Crippen LogP contribution >= 0.6 is 0 Å². The van der Waals surface area contributed by atoms with E-state index in [2.05, 4.69) is 43.5 Å². The number of rotatable bonds is 49. The molecule has 0 spiro atoms. The predicted molar refractivity (Wildman–Crippen MR) is 281 cm³/mol. The summed E-state index contributed by atoms with van der Waals surface area (Å²) >= 11 is 0. The van der Waals surface area contributed by atoms with Crippen LogP contribution in [-0.2, 0) is 14.3 Å². The Morgan fingerprint density at radius 3 is 1.28 bits per heavy atom. The molecule has 1 aliphatic rings. The fourth-order valence-corrected chi connectivity index (χ4v) is 9.13. The summed E-state index contributed by atoms with van der Waals surface area (Å²) in [4.78, 5) is 13.0. The van der Waals surface area contributed by atoms with Gasteiger partial charge in [-0.15, -0.1) is 0 Å². The highest BCUT2D eigenvalue weighted by atomic mass is 16.7. The van der Waals surface area contributed by atoms with Crippen molar-refractivity contribution in [2.75, 3.05) is 13.2 Å². The normalized spacial score (nSPS) is 19.9. The summed E-state index contributed by atoms with van der Waals surface area (Å²) in [5, 5.41) is 54.4. The molecule has 1 heterocycles. The number of carbonyl (C=O) groups is 1. The van der Waals surface area contributed by atoms with Crippen LogP contribution in [0.15, 0.2) is 36.5 Å². The lowest BCUT2D eigenvalue weighted by Crippen LogP contribution is -2.60. The summed E-state index contributed by atoms with van der Waals surface area (Å²) < 4.78 is 11.3. The monoisotopic (exact) mass is 948 g/mol. The minimum absolute atomic E-state index is 0.176. The number of aliphatic hydroxyl groups excluding tert-OH is 5. The standard InChI is InChI=1S/C58H109NO8/c1-3-5-7-9-11-13-15-17-19-20-21-22-23-24-25-26-27-28-29-30-31-32-34-36-38-40-42-44-46-48-54(62)59-51(50-66-58-57(65)56(64)55(63)53(49-60)67-58)52(61)47-45-43-41-39-37-35-33-18-16-14-12-10-8-6-4-2/h21-22,24-25,45,47,51-53,55-58,60-61,63-65H,3-20,23,26-44,46,48-50H2,1-2H3,(H,59,62)/b22-21-,25-24-,47-45+. The maximum atomic E-state index is 13.0. The number of carbonyl (C=O) groups excluding carboxylic acids is 1. The van der Waals surface area contributed by atoms with E-state index in [1.807, 2.05) is 6.08 Å². The zero-order valence-corrected chi connectivity index (χ0v) is 43.7. The van der Waals surface area contributed by atoms with Crippen LogP contribution in [0.5, 0.6) is 0 Å². The van der Waals surface area contributed by atoms with Crippen LogP contribution in [0.1, 0.15) is 271 Å². The number of nitrogens with one attached hydrogen (secondary N) is 1. The Balaban J connectivity index is 2.18. The first-order valence-electron chi connectivity index (χ1n) is 28.7. The summed E-state index contributed by atoms with van der Waals surface area (Å²) in [6.45, 7) is 3.80. The Labute approximate surface area is 412 Å². The van der Waals surface area contributed by atoms with E-state index in [-0.39, 0.29) is 12.5 Å². The van der Waals surface area contributed by atoms with E-state index in [0.717, 1.165) is 44.9 Å². The molecule has 0 aliphatic carbocycles. The van der Waals surface area contributed by atoms with Gasteiger partial charge in [-0.1, -0.05) is 249 Å². The van der Waals surface area contributed by atoms with Gasteiger partial charge in [0.15, 0.2) is 6.29 Å². The van der Waals surface area contributed by atoms with Gasteiger partial charge in [-0.3, -0.25) is 4.79 Å². The van der Waals surface area contributed by atoms with Gasteiger partial charge in [0.05, 0.1) is 25.4 Å². The second-order valence-corrected chi connectivity index (χ2v) is 20.1. The third-order valence-corrected chi connectivity index (χ3v) is 13.7. The van der Waals surface area contributed by atoms with Crippen molar-refractivity contribution >= 4 is 5.91 Å². The van der Waals surface area contributed by atoms with Crippen LogP contribution in [0.2, 0.25) is 0 Å². The second-order valence-electron chi connectivity index (χ2n) is 20.1. The largest absolute Gasteiger partial charge is 0.394 e. The average Bonchev–Trinajstić information content (AvgIpc) is 3.33. The lowest BCUT2D eigenvalue weighted by Gasteiger charge is -2.40. The highest BCUT2D eigenvalue weighted by molar-refractivity contribution is 5.76. The van der Waals surface area contributed by atoms with E-state index >= 15 is 0 Å². The first-order chi connectivity index (χ1) is 32.8. The SMILES string of the molecule is CCCCCCCCCCC/C=C\C/C=C\CCCCCCCCCCCCCCCC(=O)NC(COC1OC(CO)C(O)C(O)C1O)C(O)/C=C/CCCCCCCCCCCCCCC. The molecule has 1 saturated heterocycles. The van der Waals surface area contributed by atoms with Crippen LogP contribution < -0.4 is 5.32 Å². The van der Waals surface area contributed by atoms with Crippen molar-refractivity contribution in [2.45, 2.75) is 314 Å². The molecule has 0 aromatic carbocycles. The molecular formula is C58H109NO8. The molecule has 0 aromatic heterocycles. The quantitative estimate of drug-likeness (QED) is 0.0261. The Morgan fingerprint density at radius 2 is 0.881 bits per heavy atom. The molecule has 7 unspecified atom stereocenters. The maximum Gasteiger partial charge on any atom is 0.220 e. The highest BCUT2D eigenvalue weighted by Gasteiger charge is 2.44. The van der Waals surface area contributed by atoms with Crippen LogP contribution in [0.25, 0.3) is 0 Å². The molecule has 6 N–H and O–H groups in total. The molecule has 1 fully saturated rings. The average molecular weight is 949 g/mol. The molecule has 0 saturated carbocycles. The van der Waals surface area contributed by atoms with Crippen LogP contribution in [0, 0.1) is 0 Å². The summed E-state index contributed by atoms with van der Waals surface area (Å²) in [6, 6.07) is -0.804. The number of amides is 1. The van der Waals surface area contributed by atoms with Crippen molar-refractivity contribution in [1.82, 2.24) is 5.32 Å². The lowest BCUT2D eigenvalue weighted by atomic mass is 9.99. The summed E-state index contributed by atoms with van der Waals surface area (Å²) in [6.07, 6.45) is 55.0. The molecule has 1 rings (SSSR count). The first kappa shape index (κ1) is 63.4. The molecule has 0 bridgehead atoms. The van der Waals surface area contributed by atoms with E-state index in [9.17, 15) is 30.3 Å². The van der Waals surface area contributed by atoms with E-state index in [4.69, 9.17) is 9.47 Å². The lowest BCUT2D eigenvalue weighted by molar-refractivity contribution is -0.302. The van der Waals surface area contributed by atoms with E-state index in [1.54, 1.807) is 6.08 Å². The Bertz CT molecular complexity index is 1150. The highest BCUT2D eigenvalue weighted by Crippen LogP contribution is 2.23. The van der Waals surface area contributed by atoms with Crippen molar-refractivity contribution in [3.63, 3.8) is 0 Å². The topological polar surface area (TPSA) is 149 Å². The molecule has 0 aromatic rings. The van der Waals surface area contributed by atoms with E-state index in [1.165, 1.54) is 205 Å². The minimum Gasteiger partial charge on any atom is -0.394 e. The van der Waals surface area contributed by atoms with Crippen molar-refractivity contribution in [3.8, 4) is 0 Å². The number of ether oxygens (including phenoxy) is 2. The molecule has 9 nitrogen and oxygen atoms in total.